The summed E-state index contributed by atoms with van der Waals surface area (Å²) >= 11 is 0. The molecule has 1 nitrogen and oxygen atoms in total. The predicted octanol–water partition coefficient (Wildman–Crippen LogP) is 9.94. The molecule has 2 fully saturated rings. The minimum Gasteiger partial charge on any atom is -0.257 e. The van der Waals surface area contributed by atoms with Crippen LogP contribution in [0, 0.1) is 5.41 Å². The van der Waals surface area contributed by atoms with Crippen LogP contribution in [0.4, 0.5) is 17.6 Å². The maximum atomic E-state index is 16.8. The largest absolute Gasteiger partial charge is 0.416 e. The Morgan fingerprint density at radius 1 is 0.861 bits per heavy atom. The maximum absolute atomic E-state index is 16.8. The minimum absolute atomic E-state index is 0.153. The Labute approximate surface area is 213 Å². The third kappa shape index (κ3) is 4.96. The van der Waals surface area contributed by atoms with Gasteiger partial charge in [-0.2, -0.15) is 13.2 Å². The zero-order valence-corrected chi connectivity index (χ0v) is 21.9. The van der Waals surface area contributed by atoms with Gasteiger partial charge in [-0.25, -0.2) is 4.39 Å². The van der Waals surface area contributed by atoms with Crippen LogP contribution in [-0.4, -0.2) is 4.98 Å². The topological polar surface area (TPSA) is 12.9 Å². The lowest BCUT2D eigenvalue weighted by atomic mass is 9.66. The third-order valence-corrected chi connectivity index (χ3v) is 8.96. The fraction of sp³-hybridized carbons (Fsp3) is 0.645. The highest BCUT2D eigenvalue weighted by Crippen LogP contribution is 2.52. The first-order valence-corrected chi connectivity index (χ1v) is 13.9. The molecule has 5 rings (SSSR count). The van der Waals surface area contributed by atoms with Crippen LogP contribution in [0.25, 0.3) is 0 Å². The van der Waals surface area contributed by atoms with Crippen molar-refractivity contribution >= 4 is 0 Å². The van der Waals surface area contributed by atoms with Crippen molar-refractivity contribution in [3.63, 3.8) is 0 Å². The number of hydrogen-bond acceptors (Lipinski definition) is 1. The number of rotatable bonds is 4. The maximum Gasteiger partial charge on any atom is 0.416 e. The number of fused-ring (bicyclic) bond motifs is 1. The van der Waals surface area contributed by atoms with E-state index < -0.39 is 17.9 Å². The van der Waals surface area contributed by atoms with Gasteiger partial charge in [0.1, 0.15) is 0 Å². The van der Waals surface area contributed by atoms with Gasteiger partial charge in [0.25, 0.3) is 0 Å². The summed E-state index contributed by atoms with van der Waals surface area (Å²) < 4.78 is 56.4. The monoisotopic (exact) mass is 501 g/mol. The fourth-order valence-electron chi connectivity index (χ4n) is 7.46. The summed E-state index contributed by atoms with van der Waals surface area (Å²) in [5.74, 6) is 0.840. The van der Waals surface area contributed by atoms with Crippen LogP contribution in [-0.2, 0) is 12.6 Å². The van der Waals surface area contributed by atoms with E-state index in [0.717, 1.165) is 87.7 Å². The quantitative estimate of drug-likeness (QED) is 0.380. The molecule has 1 aromatic heterocycles. The van der Waals surface area contributed by atoms with E-state index in [2.05, 4.69) is 20.8 Å². The molecule has 0 radical (unpaired) electrons. The van der Waals surface area contributed by atoms with E-state index in [9.17, 15) is 13.2 Å². The number of benzene rings is 1. The van der Waals surface area contributed by atoms with Crippen molar-refractivity contribution in [2.45, 2.75) is 122 Å². The van der Waals surface area contributed by atoms with Crippen LogP contribution in [0.1, 0.15) is 148 Å². The summed E-state index contributed by atoms with van der Waals surface area (Å²) in [7, 11) is 0. The van der Waals surface area contributed by atoms with Crippen molar-refractivity contribution in [2.24, 2.45) is 5.41 Å². The van der Waals surface area contributed by atoms with Crippen LogP contribution in [0.2, 0.25) is 0 Å². The van der Waals surface area contributed by atoms with Crippen molar-refractivity contribution in [1.82, 2.24) is 4.98 Å². The summed E-state index contributed by atoms with van der Waals surface area (Å²) in [6.07, 6.45) is 5.98. The molecule has 1 aromatic carbocycles. The first kappa shape index (κ1) is 25.7. The van der Waals surface area contributed by atoms with E-state index in [1.54, 1.807) is 0 Å². The molecule has 36 heavy (non-hydrogen) atoms. The lowest BCUT2D eigenvalue weighted by Gasteiger charge is -2.40. The number of nitrogens with zero attached hydrogens (tertiary/aromatic N) is 1. The average Bonchev–Trinajstić information content (AvgIpc) is 3.37. The van der Waals surface area contributed by atoms with Crippen LogP contribution in [0.5, 0.6) is 0 Å². The normalized spacial score (nSPS) is 24.0. The SMILES string of the molecule is C[C@H]1CC(C)(C)Cc2nc(C3CCCC3)c([C@@H](F)c3ccc(C(F)(F)F)cc3)c(C3CCCCC3)c21. The molecule has 0 unspecified atom stereocenters. The molecule has 3 aliphatic rings. The van der Waals surface area contributed by atoms with Crippen LogP contribution in [0.3, 0.4) is 0 Å². The van der Waals surface area contributed by atoms with Gasteiger partial charge in [0.15, 0.2) is 6.17 Å². The molecule has 196 valence electrons. The molecule has 5 heteroatoms. The average molecular weight is 502 g/mol. The molecule has 0 amide bonds. The van der Waals surface area contributed by atoms with Gasteiger partial charge in [-0.05, 0) is 84.6 Å². The van der Waals surface area contributed by atoms with Crippen LogP contribution < -0.4 is 0 Å². The standard InChI is InChI=1S/C31H39F4N/c1-19-17-30(2,3)18-24-25(19)26(20-9-5-4-6-10-20)27(29(36-24)22-11-7-8-12-22)28(32)21-13-15-23(16-14-21)31(33,34)35/h13-16,19-20,22,28H,4-12,17-18H2,1-3H3/t19-,28-/m0/s1. The zero-order valence-electron chi connectivity index (χ0n) is 21.9. The molecule has 0 spiro atoms. The Morgan fingerprint density at radius 2 is 1.44 bits per heavy atom. The van der Waals surface area contributed by atoms with Crippen molar-refractivity contribution in [3.8, 4) is 0 Å². The minimum atomic E-state index is -4.43. The Hall–Kier alpha value is -1.91. The summed E-state index contributed by atoms with van der Waals surface area (Å²) in [5, 5.41) is 0. The first-order chi connectivity index (χ1) is 17.0. The van der Waals surface area contributed by atoms with Crippen molar-refractivity contribution in [2.75, 3.05) is 0 Å². The first-order valence-electron chi connectivity index (χ1n) is 13.9. The molecule has 2 aromatic rings. The number of hydrogen-bond donors (Lipinski definition) is 0. The Kier molecular flexibility index (Phi) is 6.97. The molecule has 3 aliphatic carbocycles. The lowest BCUT2D eigenvalue weighted by molar-refractivity contribution is -0.137. The van der Waals surface area contributed by atoms with Gasteiger partial charge in [-0.15, -0.1) is 0 Å². The van der Waals surface area contributed by atoms with Crippen molar-refractivity contribution < 1.29 is 17.6 Å². The van der Waals surface area contributed by atoms with Gasteiger partial charge in [-0.1, -0.05) is 65.0 Å². The fourth-order valence-corrected chi connectivity index (χ4v) is 7.46. The summed E-state index contributed by atoms with van der Waals surface area (Å²) in [5.41, 5.74) is 4.93. The molecule has 0 aliphatic heterocycles. The summed E-state index contributed by atoms with van der Waals surface area (Å²) in [4.78, 5) is 5.28. The van der Waals surface area contributed by atoms with Crippen molar-refractivity contribution in [1.29, 1.82) is 0 Å². The lowest BCUT2D eigenvalue weighted by Crippen LogP contribution is -2.30. The second-order valence-corrected chi connectivity index (χ2v) is 12.4. The summed E-state index contributed by atoms with van der Waals surface area (Å²) in [6, 6.07) is 4.72. The Morgan fingerprint density at radius 3 is 2.06 bits per heavy atom. The van der Waals surface area contributed by atoms with Crippen molar-refractivity contribution in [3.05, 3.63) is 63.5 Å². The highest BCUT2D eigenvalue weighted by atomic mass is 19.4. The number of pyridine rings is 1. The highest BCUT2D eigenvalue weighted by Gasteiger charge is 2.40. The second-order valence-electron chi connectivity index (χ2n) is 12.4. The van der Waals surface area contributed by atoms with Crippen LogP contribution >= 0.6 is 0 Å². The van der Waals surface area contributed by atoms with E-state index in [1.807, 2.05) is 0 Å². The van der Waals surface area contributed by atoms with E-state index in [-0.39, 0.29) is 11.3 Å². The van der Waals surface area contributed by atoms with Gasteiger partial charge < -0.3 is 0 Å². The van der Waals surface area contributed by atoms with Crippen LogP contribution in [0.15, 0.2) is 24.3 Å². The number of halogens is 4. The Balaban J connectivity index is 1.71. The second kappa shape index (κ2) is 9.76. The summed E-state index contributed by atoms with van der Waals surface area (Å²) in [6.45, 7) is 6.87. The van der Waals surface area contributed by atoms with E-state index in [1.165, 1.54) is 29.7 Å². The molecular formula is C31H39F4N. The smallest absolute Gasteiger partial charge is 0.257 e. The van der Waals surface area contributed by atoms with Gasteiger partial charge in [0, 0.05) is 17.2 Å². The van der Waals surface area contributed by atoms with E-state index in [0.29, 0.717) is 23.0 Å². The van der Waals surface area contributed by atoms with Gasteiger partial charge in [-0.3, -0.25) is 4.98 Å². The molecule has 1 heterocycles. The molecule has 2 saturated carbocycles. The number of alkyl halides is 4. The van der Waals surface area contributed by atoms with Gasteiger partial charge in [0.05, 0.1) is 11.3 Å². The molecule has 0 bridgehead atoms. The van der Waals surface area contributed by atoms with E-state index in [4.69, 9.17) is 4.98 Å². The molecule has 0 saturated heterocycles. The van der Waals surface area contributed by atoms with Gasteiger partial charge >= 0.3 is 6.18 Å². The molecule has 2 atom stereocenters. The van der Waals surface area contributed by atoms with Gasteiger partial charge in [0.2, 0.25) is 0 Å². The molecule has 0 N–H and O–H groups in total. The van der Waals surface area contributed by atoms with E-state index >= 15 is 4.39 Å². The molecular weight excluding hydrogens is 462 g/mol. The highest BCUT2D eigenvalue weighted by molar-refractivity contribution is 5.51. The zero-order chi connectivity index (χ0) is 25.7. The predicted molar refractivity (Wildman–Crippen MR) is 136 cm³/mol. The number of aromatic nitrogens is 1. The third-order valence-electron chi connectivity index (χ3n) is 8.96. The Bertz CT molecular complexity index is 1070.